The number of amides is 1. The first kappa shape index (κ1) is 19.4. The molecule has 8 heteroatoms. The summed E-state index contributed by atoms with van der Waals surface area (Å²) in [4.78, 5) is 23.1. The predicted molar refractivity (Wildman–Crippen MR) is 97.8 cm³/mol. The van der Waals surface area contributed by atoms with Crippen molar-refractivity contribution in [1.82, 2.24) is 0 Å². The zero-order valence-corrected chi connectivity index (χ0v) is 15.4. The first-order valence-corrected chi connectivity index (χ1v) is 8.25. The molecule has 0 atom stereocenters. The number of carbonyl (C=O) groups excluding carboxylic acids is 2. The van der Waals surface area contributed by atoms with Crippen LogP contribution in [0.4, 0.5) is 5.69 Å². The van der Waals surface area contributed by atoms with E-state index in [1.807, 2.05) is 0 Å². The molecule has 1 N–H and O–H groups in total. The molecule has 132 valence electrons. The highest BCUT2D eigenvalue weighted by atomic mass is 35.5. The molecule has 0 fully saturated rings. The number of halogens is 3. The van der Waals surface area contributed by atoms with Gasteiger partial charge in [0.1, 0.15) is 5.75 Å². The Labute approximate surface area is 159 Å². The number of nitrogens with one attached hydrogen (secondary N) is 1. The van der Waals surface area contributed by atoms with E-state index >= 15 is 0 Å². The van der Waals surface area contributed by atoms with Crippen LogP contribution < -0.4 is 10.1 Å². The van der Waals surface area contributed by atoms with E-state index in [0.717, 1.165) is 5.56 Å². The second-order valence-electron chi connectivity index (χ2n) is 4.98. The molecule has 0 saturated heterocycles. The van der Waals surface area contributed by atoms with E-state index in [0.29, 0.717) is 16.5 Å². The van der Waals surface area contributed by atoms with Gasteiger partial charge in [0.2, 0.25) is 0 Å². The summed E-state index contributed by atoms with van der Waals surface area (Å²) >= 11 is 17.7. The zero-order valence-electron chi connectivity index (χ0n) is 13.1. The van der Waals surface area contributed by atoms with Gasteiger partial charge in [-0.25, -0.2) is 0 Å². The molecule has 2 aromatic rings. The van der Waals surface area contributed by atoms with Crippen LogP contribution in [0.25, 0.3) is 0 Å². The topological polar surface area (TPSA) is 64.6 Å². The van der Waals surface area contributed by atoms with Gasteiger partial charge in [-0.05, 0) is 29.8 Å². The van der Waals surface area contributed by atoms with Gasteiger partial charge in [0.05, 0.1) is 34.3 Å². The highest BCUT2D eigenvalue weighted by molar-refractivity contribution is 6.44. The third kappa shape index (κ3) is 5.81. The van der Waals surface area contributed by atoms with Gasteiger partial charge < -0.3 is 14.8 Å². The van der Waals surface area contributed by atoms with Crippen molar-refractivity contribution in [1.29, 1.82) is 0 Å². The first-order valence-electron chi connectivity index (χ1n) is 7.12. The molecule has 0 aliphatic heterocycles. The van der Waals surface area contributed by atoms with Crippen LogP contribution in [0.3, 0.4) is 0 Å². The van der Waals surface area contributed by atoms with E-state index in [9.17, 15) is 9.59 Å². The lowest BCUT2D eigenvalue weighted by atomic mass is 10.1. The third-order valence-corrected chi connectivity index (χ3v) is 4.19. The number of anilines is 1. The van der Waals surface area contributed by atoms with Gasteiger partial charge in [-0.1, -0.05) is 46.9 Å². The number of hydrogen-bond donors (Lipinski definition) is 1. The quantitative estimate of drug-likeness (QED) is 0.575. The van der Waals surface area contributed by atoms with Crippen molar-refractivity contribution in [2.24, 2.45) is 0 Å². The summed E-state index contributed by atoms with van der Waals surface area (Å²) in [5.41, 5.74) is 1.13. The van der Waals surface area contributed by atoms with Crippen LogP contribution in [0.5, 0.6) is 5.75 Å². The Bertz CT molecular complexity index is 778. The highest BCUT2D eigenvalue weighted by Gasteiger charge is 2.10. The van der Waals surface area contributed by atoms with Crippen LogP contribution >= 0.6 is 34.8 Å². The Morgan fingerprint density at radius 2 is 1.64 bits per heavy atom. The SMILES string of the molecule is COC(=O)Cc1ccc(OCC(=O)Nc2cc(Cl)c(Cl)cc2Cl)cc1. The summed E-state index contributed by atoms with van der Waals surface area (Å²) in [6, 6.07) is 9.68. The Hall–Kier alpha value is -1.95. The maximum Gasteiger partial charge on any atom is 0.309 e. The minimum Gasteiger partial charge on any atom is -0.484 e. The van der Waals surface area contributed by atoms with Crippen molar-refractivity contribution in [3.8, 4) is 5.75 Å². The van der Waals surface area contributed by atoms with E-state index in [2.05, 4.69) is 10.1 Å². The summed E-state index contributed by atoms with van der Waals surface area (Å²) in [5.74, 6) is -0.241. The Morgan fingerprint density at radius 3 is 2.28 bits per heavy atom. The lowest BCUT2D eigenvalue weighted by Crippen LogP contribution is -2.20. The lowest BCUT2D eigenvalue weighted by molar-refractivity contribution is -0.139. The minimum atomic E-state index is -0.404. The number of rotatable bonds is 6. The van der Waals surface area contributed by atoms with Crippen molar-refractivity contribution < 1.29 is 19.1 Å². The average Bonchev–Trinajstić information content (AvgIpc) is 2.59. The van der Waals surface area contributed by atoms with E-state index in [1.165, 1.54) is 19.2 Å². The average molecular weight is 403 g/mol. The summed E-state index contributed by atoms with van der Waals surface area (Å²) in [5, 5.41) is 3.45. The fraction of sp³-hybridized carbons (Fsp3) is 0.176. The van der Waals surface area contributed by atoms with Crippen molar-refractivity contribution in [3.63, 3.8) is 0 Å². The highest BCUT2D eigenvalue weighted by Crippen LogP contribution is 2.32. The smallest absolute Gasteiger partial charge is 0.309 e. The molecule has 2 rings (SSSR count). The maximum atomic E-state index is 12.0. The van der Waals surface area contributed by atoms with Crippen LogP contribution in [0, 0.1) is 0 Å². The van der Waals surface area contributed by atoms with Gasteiger partial charge in [-0.15, -0.1) is 0 Å². The Morgan fingerprint density at radius 1 is 1.00 bits per heavy atom. The molecule has 0 radical (unpaired) electrons. The number of hydrogen-bond acceptors (Lipinski definition) is 4. The van der Waals surface area contributed by atoms with E-state index in [-0.39, 0.29) is 29.0 Å². The van der Waals surface area contributed by atoms with Crippen LogP contribution in [-0.4, -0.2) is 25.6 Å². The monoisotopic (exact) mass is 401 g/mol. The fourth-order valence-electron chi connectivity index (χ4n) is 1.90. The second-order valence-corrected chi connectivity index (χ2v) is 6.20. The third-order valence-electron chi connectivity index (χ3n) is 3.15. The fourth-order valence-corrected chi connectivity index (χ4v) is 2.49. The number of carbonyl (C=O) groups is 2. The molecule has 0 unspecified atom stereocenters. The van der Waals surface area contributed by atoms with Gasteiger partial charge in [-0.2, -0.15) is 0 Å². The van der Waals surface area contributed by atoms with Crippen LogP contribution in [-0.2, 0) is 20.7 Å². The molecule has 25 heavy (non-hydrogen) atoms. The van der Waals surface area contributed by atoms with E-state index in [1.54, 1.807) is 24.3 Å². The van der Waals surface area contributed by atoms with E-state index in [4.69, 9.17) is 39.5 Å². The Kier molecular flexibility index (Phi) is 6.93. The van der Waals surface area contributed by atoms with E-state index < -0.39 is 5.91 Å². The minimum absolute atomic E-state index is 0.174. The van der Waals surface area contributed by atoms with Gasteiger partial charge >= 0.3 is 5.97 Å². The van der Waals surface area contributed by atoms with Crippen LogP contribution in [0.2, 0.25) is 15.1 Å². The maximum absolute atomic E-state index is 12.0. The van der Waals surface area contributed by atoms with Gasteiger partial charge in [-0.3, -0.25) is 9.59 Å². The summed E-state index contributed by atoms with van der Waals surface area (Å²) in [7, 11) is 1.33. The molecule has 0 saturated carbocycles. The predicted octanol–water partition coefficient (Wildman–Crippen LogP) is 4.38. The van der Waals surface area contributed by atoms with Gasteiger partial charge in [0.25, 0.3) is 5.91 Å². The number of methoxy groups -OCH3 is 1. The number of esters is 1. The molecule has 2 aromatic carbocycles. The summed E-state index contributed by atoms with van der Waals surface area (Å²) < 4.78 is 9.98. The van der Waals surface area contributed by atoms with Crippen molar-refractivity contribution in [3.05, 3.63) is 57.0 Å². The standard InChI is InChI=1S/C17H14Cl3NO4/c1-24-17(23)6-10-2-4-11(5-3-10)25-9-16(22)21-15-8-13(19)12(18)7-14(15)20/h2-5,7-8H,6,9H2,1H3,(H,21,22). The molecule has 0 aromatic heterocycles. The molecule has 0 aliphatic rings. The first-order chi connectivity index (χ1) is 11.9. The molecule has 0 bridgehead atoms. The van der Waals surface area contributed by atoms with Crippen molar-refractivity contribution >= 4 is 52.4 Å². The summed E-state index contributed by atoms with van der Waals surface area (Å²) in [6.07, 6.45) is 0.174. The molecule has 0 aliphatic carbocycles. The molecular weight excluding hydrogens is 389 g/mol. The van der Waals surface area contributed by atoms with Crippen molar-refractivity contribution in [2.45, 2.75) is 6.42 Å². The normalized spacial score (nSPS) is 10.2. The van der Waals surface area contributed by atoms with Crippen molar-refractivity contribution in [2.75, 3.05) is 19.0 Å². The number of ether oxygens (including phenoxy) is 2. The second kappa shape index (κ2) is 8.94. The van der Waals surface area contributed by atoms with Gasteiger partial charge in [0.15, 0.2) is 6.61 Å². The van der Waals surface area contributed by atoms with Gasteiger partial charge in [0, 0.05) is 0 Å². The summed E-state index contributed by atoms with van der Waals surface area (Å²) in [6.45, 7) is -0.215. The zero-order chi connectivity index (χ0) is 18.4. The molecule has 0 heterocycles. The molecule has 0 spiro atoms. The molecule has 1 amide bonds. The largest absolute Gasteiger partial charge is 0.484 e. The molecule has 5 nitrogen and oxygen atoms in total. The van der Waals surface area contributed by atoms with Crippen LogP contribution in [0.1, 0.15) is 5.56 Å². The number of benzene rings is 2. The lowest BCUT2D eigenvalue weighted by Gasteiger charge is -2.10. The Balaban J connectivity index is 1.90. The molecular formula is C17H14Cl3NO4. The van der Waals surface area contributed by atoms with Crippen LogP contribution in [0.15, 0.2) is 36.4 Å².